The van der Waals surface area contributed by atoms with Crippen LogP contribution in [-0.2, 0) is 0 Å². The van der Waals surface area contributed by atoms with Crippen LogP contribution < -0.4 is 15.5 Å². The number of thiophene rings is 1. The molecule has 4 nitrogen and oxygen atoms in total. The van der Waals surface area contributed by atoms with Crippen LogP contribution in [0.4, 0.5) is 9.80 Å². The van der Waals surface area contributed by atoms with Crippen molar-refractivity contribution in [2.75, 3.05) is 24.5 Å². The smallest absolute Gasteiger partial charge is 0.315 e. The van der Waals surface area contributed by atoms with Gasteiger partial charge >= 0.3 is 6.03 Å². The molecule has 0 bridgehead atoms. The summed E-state index contributed by atoms with van der Waals surface area (Å²) in [4.78, 5) is 14.6. The third-order valence-corrected chi connectivity index (χ3v) is 6.40. The molecule has 3 rings (SSSR count). The Labute approximate surface area is 150 Å². The summed E-state index contributed by atoms with van der Waals surface area (Å²) in [5.74, 6) is 2.24. The quantitative estimate of drug-likeness (QED) is 0.860. The van der Waals surface area contributed by atoms with Gasteiger partial charge in [0.1, 0.15) is 0 Å². The highest BCUT2D eigenvalue weighted by molar-refractivity contribution is 7.14. The maximum Gasteiger partial charge on any atom is 0.315 e. The molecule has 2 fully saturated rings. The van der Waals surface area contributed by atoms with E-state index in [-0.39, 0.29) is 6.03 Å². The van der Waals surface area contributed by atoms with Crippen LogP contribution in [0.3, 0.4) is 0 Å². The summed E-state index contributed by atoms with van der Waals surface area (Å²) in [5.41, 5.74) is 0. The third-order valence-electron chi connectivity index (χ3n) is 5.48. The van der Waals surface area contributed by atoms with Crippen molar-refractivity contribution in [2.24, 2.45) is 17.8 Å². The molecule has 0 aromatic carbocycles. The van der Waals surface area contributed by atoms with Crippen LogP contribution in [0, 0.1) is 17.8 Å². The number of urea groups is 1. The molecule has 1 aliphatic heterocycles. The van der Waals surface area contributed by atoms with Crippen LogP contribution in [0.25, 0.3) is 0 Å². The number of hydrogen-bond donors (Lipinski definition) is 2. The molecule has 1 saturated heterocycles. The molecule has 1 aliphatic carbocycles. The minimum absolute atomic E-state index is 0.0236. The lowest BCUT2D eigenvalue weighted by molar-refractivity contribution is 0.205. The van der Waals surface area contributed by atoms with Crippen molar-refractivity contribution in [3.8, 4) is 0 Å². The van der Waals surface area contributed by atoms with Gasteiger partial charge in [-0.2, -0.15) is 0 Å². The van der Waals surface area contributed by atoms with E-state index in [0.717, 1.165) is 44.3 Å². The van der Waals surface area contributed by atoms with Crippen molar-refractivity contribution >= 4 is 22.4 Å². The Kier molecular flexibility index (Phi) is 6.04. The average Bonchev–Trinajstić information content (AvgIpc) is 3.07. The Balaban J connectivity index is 1.35. The fraction of sp³-hybridized carbons (Fsp3) is 0.737. The van der Waals surface area contributed by atoms with Crippen LogP contribution in [-0.4, -0.2) is 31.7 Å². The van der Waals surface area contributed by atoms with E-state index in [0.29, 0.717) is 12.0 Å². The first kappa shape index (κ1) is 17.6. The second kappa shape index (κ2) is 8.24. The number of nitrogens with zero attached hydrogens (tertiary/aromatic N) is 1. The van der Waals surface area contributed by atoms with E-state index in [9.17, 15) is 4.79 Å². The summed E-state index contributed by atoms with van der Waals surface area (Å²) >= 11 is 1.79. The molecule has 2 heterocycles. The van der Waals surface area contributed by atoms with Crippen molar-refractivity contribution in [3.05, 3.63) is 17.5 Å². The first-order chi connectivity index (χ1) is 11.6. The summed E-state index contributed by atoms with van der Waals surface area (Å²) in [6.07, 6.45) is 5.91. The molecule has 2 amide bonds. The highest BCUT2D eigenvalue weighted by Gasteiger charge is 2.25. The van der Waals surface area contributed by atoms with Gasteiger partial charge in [0.15, 0.2) is 0 Å². The molecule has 2 unspecified atom stereocenters. The molecule has 2 atom stereocenters. The van der Waals surface area contributed by atoms with E-state index in [1.165, 1.54) is 24.3 Å². The Morgan fingerprint density at radius 1 is 1.21 bits per heavy atom. The van der Waals surface area contributed by atoms with Gasteiger partial charge in [-0.3, -0.25) is 0 Å². The number of amides is 2. The fourth-order valence-corrected chi connectivity index (χ4v) is 5.23. The predicted octanol–water partition coefficient (Wildman–Crippen LogP) is 4.09. The van der Waals surface area contributed by atoms with Crippen molar-refractivity contribution in [1.29, 1.82) is 0 Å². The van der Waals surface area contributed by atoms with Crippen molar-refractivity contribution < 1.29 is 4.79 Å². The third kappa shape index (κ3) is 4.88. The lowest BCUT2D eigenvalue weighted by Gasteiger charge is -2.33. The van der Waals surface area contributed by atoms with E-state index in [1.54, 1.807) is 11.3 Å². The maximum absolute atomic E-state index is 12.2. The lowest BCUT2D eigenvalue weighted by Crippen LogP contribution is -2.48. The highest BCUT2D eigenvalue weighted by atomic mass is 32.1. The minimum Gasteiger partial charge on any atom is -0.363 e. The molecular formula is C19H31N3OS. The van der Waals surface area contributed by atoms with E-state index in [1.807, 2.05) is 0 Å². The Morgan fingerprint density at radius 3 is 2.54 bits per heavy atom. The van der Waals surface area contributed by atoms with Crippen molar-refractivity contribution in [1.82, 2.24) is 10.6 Å². The predicted molar refractivity (Wildman–Crippen MR) is 102 cm³/mol. The van der Waals surface area contributed by atoms with Gasteiger partial charge in [-0.15, -0.1) is 11.3 Å². The molecule has 24 heavy (non-hydrogen) atoms. The highest BCUT2D eigenvalue weighted by Crippen LogP contribution is 2.32. The summed E-state index contributed by atoms with van der Waals surface area (Å²) < 4.78 is 0. The van der Waals surface area contributed by atoms with E-state index in [2.05, 4.69) is 46.9 Å². The average molecular weight is 350 g/mol. The normalized spacial score (nSPS) is 28.6. The van der Waals surface area contributed by atoms with Gasteiger partial charge in [0.2, 0.25) is 0 Å². The number of hydrogen-bond acceptors (Lipinski definition) is 3. The zero-order valence-electron chi connectivity index (χ0n) is 15.0. The number of carbonyl (C=O) groups is 1. The van der Waals surface area contributed by atoms with E-state index in [4.69, 9.17) is 0 Å². The van der Waals surface area contributed by atoms with Crippen molar-refractivity contribution in [2.45, 2.75) is 52.0 Å². The summed E-state index contributed by atoms with van der Waals surface area (Å²) in [7, 11) is 0. The Hall–Kier alpha value is -1.23. The summed E-state index contributed by atoms with van der Waals surface area (Å²) in [5, 5.41) is 9.76. The fourth-order valence-electron chi connectivity index (χ4n) is 4.45. The number of carbonyl (C=O) groups excluding carboxylic acids is 1. The van der Waals surface area contributed by atoms with Crippen LogP contribution in [0.2, 0.25) is 0 Å². The largest absolute Gasteiger partial charge is 0.363 e. The van der Waals surface area contributed by atoms with Gasteiger partial charge in [-0.05, 0) is 67.4 Å². The molecule has 5 heteroatoms. The Bertz CT molecular complexity index is 501. The zero-order chi connectivity index (χ0) is 16.9. The van der Waals surface area contributed by atoms with Crippen LogP contribution in [0.15, 0.2) is 17.5 Å². The van der Waals surface area contributed by atoms with Crippen molar-refractivity contribution in [3.63, 3.8) is 0 Å². The molecule has 1 saturated carbocycles. The topological polar surface area (TPSA) is 44.4 Å². The number of piperidine rings is 1. The first-order valence-corrected chi connectivity index (χ1v) is 10.3. The number of nitrogens with one attached hydrogen (secondary N) is 2. The van der Waals surface area contributed by atoms with E-state index >= 15 is 0 Å². The second-order valence-corrected chi connectivity index (χ2v) is 8.78. The lowest BCUT2D eigenvalue weighted by atomic mass is 9.77. The second-order valence-electron chi connectivity index (χ2n) is 7.85. The van der Waals surface area contributed by atoms with Gasteiger partial charge in [0.25, 0.3) is 0 Å². The van der Waals surface area contributed by atoms with Crippen LogP contribution in [0.5, 0.6) is 0 Å². The maximum atomic E-state index is 12.2. The molecule has 1 aromatic heterocycles. The Morgan fingerprint density at radius 2 is 1.92 bits per heavy atom. The van der Waals surface area contributed by atoms with Gasteiger partial charge < -0.3 is 15.5 Å². The van der Waals surface area contributed by atoms with Crippen LogP contribution >= 0.6 is 11.3 Å². The molecule has 2 N–H and O–H groups in total. The number of rotatable bonds is 4. The van der Waals surface area contributed by atoms with E-state index < -0.39 is 0 Å². The molecule has 0 spiro atoms. The molecular weight excluding hydrogens is 318 g/mol. The van der Waals surface area contributed by atoms with Gasteiger partial charge in [-0.1, -0.05) is 13.8 Å². The molecule has 0 radical (unpaired) electrons. The van der Waals surface area contributed by atoms with Gasteiger partial charge in [-0.25, -0.2) is 4.79 Å². The minimum atomic E-state index is 0.0236. The zero-order valence-corrected chi connectivity index (χ0v) is 15.8. The number of anilines is 1. The first-order valence-electron chi connectivity index (χ1n) is 9.43. The summed E-state index contributed by atoms with van der Waals surface area (Å²) in [6.45, 7) is 7.56. The monoisotopic (exact) mass is 349 g/mol. The van der Waals surface area contributed by atoms with Gasteiger partial charge in [0.05, 0.1) is 5.00 Å². The SMILES string of the molecule is CC1CC(C)CC(CNC(=O)NC2CCN(c3cccs3)CC2)C1. The molecule has 1 aromatic rings. The molecule has 2 aliphatic rings. The van der Waals surface area contributed by atoms with Gasteiger partial charge in [0, 0.05) is 25.7 Å². The molecule has 134 valence electrons. The standard InChI is InChI=1S/C19H31N3OS/c1-14-10-15(2)12-16(11-14)13-20-19(23)21-17-5-7-22(8-6-17)18-4-3-9-24-18/h3-4,9,14-17H,5-8,10-13H2,1-2H3,(H2,20,21,23). The van der Waals surface area contributed by atoms with Crippen LogP contribution in [0.1, 0.15) is 46.0 Å². The summed E-state index contributed by atoms with van der Waals surface area (Å²) in [6, 6.07) is 4.61.